The van der Waals surface area contributed by atoms with Gasteiger partial charge in [-0.2, -0.15) is 0 Å². The lowest BCUT2D eigenvalue weighted by molar-refractivity contribution is 0.0909. The number of amides is 1. The highest BCUT2D eigenvalue weighted by Crippen LogP contribution is 2.32. The molecule has 1 heterocycles. The van der Waals surface area contributed by atoms with Crippen LogP contribution in [0, 0.1) is 11.8 Å². The molecule has 0 bridgehead atoms. The maximum atomic E-state index is 12.1. The molecule has 1 aromatic heterocycles. The zero-order valence-corrected chi connectivity index (χ0v) is 14.5. The predicted octanol–water partition coefficient (Wildman–Crippen LogP) is 3.80. The number of carbonyl (C=O) groups is 1. The minimum absolute atomic E-state index is 0.0453. The number of thiophene rings is 1. The smallest absolute Gasteiger partial charge is 0.253 e. The van der Waals surface area contributed by atoms with Gasteiger partial charge in [-0.15, -0.1) is 11.3 Å². The van der Waals surface area contributed by atoms with Crippen molar-refractivity contribution < 1.29 is 9.90 Å². The Morgan fingerprint density at radius 3 is 2.63 bits per heavy atom. The number of nitrogens with one attached hydrogen (secondary N) is 1. The molecule has 1 aliphatic carbocycles. The van der Waals surface area contributed by atoms with Gasteiger partial charge >= 0.3 is 0 Å². The van der Waals surface area contributed by atoms with Gasteiger partial charge in [0.05, 0.1) is 13.1 Å². The minimum atomic E-state index is -0.0453. The van der Waals surface area contributed by atoms with Gasteiger partial charge in [0.15, 0.2) is 0 Å². The molecule has 2 N–H and O–H groups in total. The molecule has 6 heteroatoms. The predicted molar refractivity (Wildman–Crippen MR) is 84.6 cm³/mol. The van der Waals surface area contributed by atoms with Crippen molar-refractivity contribution in [3.63, 3.8) is 0 Å². The number of aliphatic hydroxyl groups is 1. The van der Waals surface area contributed by atoms with E-state index in [0.717, 1.165) is 20.4 Å². The molecule has 2 atom stereocenters. The van der Waals surface area contributed by atoms with Gasteiger partial charge in [-0.1, -0.05) is 12.8 Å². The van der Waals surface area contributed by atoms with E-state index in [-0.39, 0.29) is 12.5 Å². The van der Waals surface area contributed by atoms with Gasteiger partial charge in [0.2, 0.25) is 0 Å². The first-order valence-electron chi connectivity index (χ1n) is 6.45. The van der Waals surface area contributed by atoms with Gasteiger partial charge in [0.25, 0.3) is 5.91 Å². The molecular formula is C13H17Br2NO2S. The third kappa shape index (κ3) is 4.03. The van der Waals surface area contributed by atoms with Gasteiger partial charge < -0.3 is 10.4 Å². The molecule has 1 aromatic rings. The highest BCUT2D eigenvalue weighted by atomic mass is 79.9. The molecule has 19 heavy (non-hydrogen) atoms. The first kappa shape index (κ1) is 15.5. The topological polar surface area (TPSA) is 49.3 Å². The van der Waals surface area contributed by atoms with Crippen LogP contribution in [-0.2, 0) is 0 Å². The van der Waals surface area contributed by atoms with Gasteiger partial charge in [-0.05, 0) is 62.6 Å². The van der Waals surface area contributed by atoms with Crippen molar-refractivity contribution in [1.82, 2.24) is 5.32 Å². The molecule has 0 spiro atoms. The number of hydrogen-bond donors (Lipinski definition) is 2. The number of halogens is 2. The van der Waals surface area contributed by atoms with E-state index in [4.69, 9.17) is 0 Å². The molecule has 0 saturated heterocycles. The lowest BCUT2D eigenvalue weighted by Gasteiger charge is -2.30. The first-order chi connectivity index (χ1) is 9.11. The number of rotatable bonds is 4. The summed E-state index contributed by atoms with van der Waals surface area (Å²) in [6, 6.07) is 1.83. The van der Waals surface area contributed by atoms with Crippen molar-refractivity contribution in [3.05, 3.63) is 19.2 Å². The van der Waals surface area contributed by atoms with Crippen LogP contribution in [0.1, 0.15) is 36.0 Å². The van der Waals surface area contributed by atoms with E-state index in [0.29, 0.717) is 23.9 Å². The van der Waals surface area contributed by atoms with Crippen LogP contribution < -0.4 is 5.32 Å². The molecule has 0 radical (unpaired) electrons. The zero-order chi connectivity index (χ0) is 13.8. The summed E-state index contributed by atoms with van der Waals surface area (Å²) in [6.07, 6.45) is 4.56. The summed E-state index contributed by atoms with van der Waals surface area (Å²) >= 11 is 8.27. The highest BCUT2D eigenvalue weighted by molar-refractivity contribution is 9.12. The van der Waals surface area contributed by atoms with Crippen LogP contribution in [-0.4, -0.2) is 24.2 Å². The molecule has 0 aliphatic heterocycles. The third-order valence-corrected chi connectivity index (χ3v) is 6.07. The van der Waals surface area contributed by atoms with E-state index < -0.39 is 0 Å². The van der Waals surface area contributed by atoms with E-state index in [1.165, 1.54) is 24.2 Å². The Morgan fingerprint density at radius 2 is 2.05 bits per heavy atom. The summed E-state index contributed by atoms with van der Waals surface area (Å²) in [7, 11) is 0. The third-order valence-electron chi connectivity index (χ3n) is 3.73. The van der Waals surface area contributed by atoms with Crippen LogP contribution in [0.2, 0.25) is 0 Å². The second-order valence-electron chi connectivity index (χ2n) is 4.94. The summed E-state index contributed by atoms with van der Waals surface area (Å²) in [4.78, 5) is 12.1. The van der Waals surface area contributed by atoms with Crippen molar-refractivity contribution in [3.8, 4) is 0 Å². The maximum Gasteiger partial charge on any atom is 0.253 e. The first-order valence-corrected chi connectivity index (χ1v) is 8.86. The number of hydrogen-bond acceptors (Lipinski definition) is 3. The average Bonchev–Trinajstić information content (AvgIpc) is 2.75. The van der Waals surface area contributed by atoms with Gasteiger partial charge in [0, 0.05) is 13.2 Å². The number of carbonyl (C=O) groups excluding carboxylic acids is 1. The van der Waals surface area contributed by atoms with Crippen molar-refractivity contribution in [1.29, 1.82) is 0 Å². The Bertz CT molecular complexity index is 450. The Morgan fingerprint density at radius 1 is 1.37 bits per heavy atom. The molecular weight excluding hydrogens is 394 g/mol. The van der Waals surface area contributed by atoms with Gasteiger partial charge in [0.1, 0.15) is 0 Å². The summed E-state index contributed by atoms with van der Waals surface area (Å²) in [5.41, 5.74) is 0.674. The summed E-state index contributed by atoms with van der Waals surface area (Å²) < 4.78 is 1.79. The highest BCUT2D eigenvalue weighted by Gasteiger charge is 2.25. The van der Waals surface area contributed by atoms with Crippen LogP contribution >= 0.6 is 43.2 Å². The van der Waals surface area contributed by atoms with Gasteiger partial charge in [-0.25, -0.2) is 0 Å². The summed E-state index contributed by atoms with van der Waals surface area (Å²) in [5.74, 6) is 0.700. The second-order valence-corrected chi connectivity index (χ2v) is 8.68. The minimum Gasteiger partial charge on any atom is -0.396 e. The fraction of sp³-hybridized carbons (Fsp3) is 0.615. The van der Waals surface area contributed by atoms with E-state index in [2.05, 4.69) is 37.2 Å². The van der Waals surface area contributed by atoms with E-state index in [1.54, 1.807) is 0 Å². The summed E-state index contributed by atoms with van der Waals surface area (Å²) in [6.45, 7) is 0.887. The fourth-order valence-corrected chi connectivity index (χ4v) is 5.40. The maximum absolute atomic E-state index is 12.1. The lowest BCUT2D eigenvalue weighted by Crippen LogP contribution is -2.35. The Balaban J connectivity index is 1.91. The van der Waals surface area contributed by atoms with Crippen LogP contribution in [0.4, 0.5) is 0 Å². The Kier molecular flexibility index (Phi) is 5.87. The molecule has 0 aromatic carbocycles. The van der Waals surface area contributed by atoms with Crippen LogP contribution in [0.15, 0.2) is 13.6 Å². The normalized spacial score (nSPS) is 23.3. The summed E-state index contributed by atoms with van der Waals surface area (Å²) in [5, 5.41) is 12.4. The molecule has 106 valence electrons. The number of aliphatic hydroxyl groups excluding tert-OH is 1. The molecule has 3 nitrogen and oxygen atoms in total. The lowest BCUT2D eigenvalue weighted by atomic mass is 9.79. The fourth-order valence-electron chi connectivity index (χ4n) is 2.61. The molecule has 2 unspecified atom stereocenters. The molecule has 1 fully saturated rings. The largest absolute Gasteiger partial charge is 0.396 e. The van der Waals surface area contributed by atoms with E-state index >= 15 is 0 Å². The molecule has 1 aliphatic rings. The Hall–Kier alpha value is 0.0900. The van der Waals surface area contributed by atoms with Crippen molar-refractivity contribution in [2.45, 2.75) is 25.7 Å². The van der Waals surface area contributed by atoms with E-state index in [1.807, 2.05) is 6.07 Å². The molecule has 2 rings (SSSR count). The van der Waals surface area contributed by atoms with Gasteiger partial charge in [-0.3, -0.25) is 4.79 Å². The SMILES string of the molecule is O=C(NCC1CCCCC1CO)c1cc(Br)sc1Br. The zero-order valence-electron chi connectivity index (χ0n) is 10.5. The standard InChI is InChI=1S/C13H17Br2NO2S/c14-11-5-10(12(15)19-11)13(18)16-6-8-3-1-2-4-9(8)7-17/h5,8-9,17H,1-4,6-7H2,(H,16,18). The van der Waals surface area contributed by atoms with Crippen LogP contribution in [0.5, 0.6) is 0 Å². The molecule has 1 saturated carbocycles. The van der Waals surface area contributed by atoms with Crippen molar-refractivity contribution >= 4 is 49.1 Å². The van der Waals surface area contributed by atoms with E-state index in [9.17, 15) is 9.90 Å². The quantitative estimate of drug-likeness (QED) is 0.792. The Labute approximate surface area is 134 Å². The van der Waals surface area contributed by atoms with Crippen molar-refractivity contribution in [2.24, 2.45) is 11.8 Å². The van der Waals surface area contributed by atoms with Crippen LogP contribution in [0.3, 0.4) is 0 Å². The van der Waals surface area contributed by atoms with Crippen LogP contribution in [0.25, 0.3) is 0 Å². The molecule has 1 amide bonds. The second kappa shape index (κ2) is 7.20. The monoisotopic (exact) mass is 409 g/mol. The average molecular weight is 411 g/mol. The van der Waals surface area contributed by atoms with Crippen molar-refractivity contribution in [2.75, 3.05) is 13.2 Å².